The fourth-order valence-corrected chi connectivity index (χ4v) is 5.42. The van der Waals surface area contributed by atoms with Gasteiger partial charge in [0.05, 0.1) is 38.3 Å². The van der Waals surface area contributed by atoms with E-state index in [0.29, 0.717) is 6.42 Å². The molecule has 28 heavy (non-hydrogen) atoms. The molecule has 0 atom stereocenters. The van der Waals surface area contributed by atoms with Crippen LogP contribution in [0.3, 0.4) is 0 Å². The van der Waals surface area contributed by atoms with Crippen molar-refractivity contribution in [2.75, 3.05) is 44.2 Å². The van der Waals surface area contributed by atoms with E-state index in [-0.39, 0.29) is 17.0 Å². The average Bonchev–Trinajstić information content (AvgIpc) is 2.93. The van der Waals surface area contributed by atoms with Crippen LogP contribution in [0.5, 0.6) is 0 Å². The molecule has 8 nitrogen and oxygen atoms in total. The van der Waals surface area contributed by atoms with Crippen molar-refractivity contribution in [1.82, 2.24) is 14.3 Å². The molecule has 148 valence electrons. The number of hydrogen-bond acceptors (Lipinski definition) is 6. The van der Waals surface area contributed by atoms with Gasteiger partial charge in [0.25, 0.3) is 15.9 Å². The molecule has 0 saturated carbocycles. The second-order valence-corrected chi connectivity index (χ2v) is 8.95. The number of carbonyl (C=O) groups excluding carboxylic acids is 1. The number of rotatable bonds is 6. The van der Waals surface area contributed by atoms with Crippen molar-refractivity contribution in [2.45, 2.75) is 17.7 Å². The van der Waals surface area contributed by atoms with E-state index in [4.69, 9.17) is 0 Å². The lowest BCUT2D eigenvalue weighted by Gasteiger charge is -2.32. The van der Waals surface area contributed by atoms with E-state index < -0.39 is 15.9 Å². The molecule has 2 aliphatic rings. The Morgan fingerprint density at radius 1 is 1.00 bits per heavy atom. The van der Waals surface area contributed by atoms with Crippen LogP contribution in [0.25, 0.3) is 0 Å². The lowest BCUT2D eigenvalue weighted by molar-refractivity contribution is -0.900. The summed E-state index contributed by atoms with van der Waals surface area (Å²) in [5, 5.41) is 0. The number of benzene rings is 1. The summed E-state index contributed by atoms with van der Waals surface area (Å²) in [7, 11) is -3.68. The molecule has 0 unspecified atom stereocenters. The number of fused-ring (bicyclic) bond motifs is 1. The number of amides is 1. The Hall–Kier alpha value is -2.52. The van der Waals surface area contributed by atoms with Crippen LogP contribution in [-0.4, -0.2) is 67.9 Å². The van der Waals surface area contributed by atoms with E-state index in [1.165, 1.54) is 11.0 Å². The molecule has 0 spiro atoms. The Balaban J connectivity index is 1.24. The normalized spacial score (nSPS) is 19.1. The molecule has 1 saturated heterocycles. The van der Waals surface area contributed by atoms with Crippen molar-refractivity contribution >= 4 is 21.9 Å². The van der Waals surface area contributed by atoms with Gasteiger partial charge in [0.1, 0.15) is 4.90 Å². The van der Waals surface area contributed by atoms with Gasteiger partial charge in [0.2, 0.25) is 5.95 Å². The van der Waals surface area contributed by atoms with Crippen LogP contribution in [0.15, 0.2) is 47.6 Å². The maximum Gasteiger partial charge on any atom is 0.269 e. The molecule has 9 heteroatoms. The fourth-order valence-electron chi connectivity index (χ4n) is 3.81. The van der Waals surface area contributed by atoms with Gasteiger partial charge in [-0.25, -0.2) is 22.7 Å². The Labute approximate surface area is 164 Å². The summed E-state index contributed by atoms with van der Waals surface area (Å²) in [4.78, 5) is 24.8. The number of unbranched alkanes of at least 4 members (excludes halogenated alkanes) is 1. The minimum atomic E-state index is -3.68. The Morgan fingerprint density at radius 2 is 1.71 bits per heavy atom. The molecule has 0 radical (unpaired) electrons. The zero-order chi connectivity index (χ0) is 19.6. The van der Waals surface area contributed by atoms with Crippen molar-refractivity contribution in [3.8, 4) is 0 Å². The summed E-state index contributed by atoms with van der Waals surface area (Å²) >= 11 is 0. The third kappa shape index (κ3) is 3.59. The molecule has 1 aromatic heterocycles. The van der Waals surface area contributed by atoms with E-state index in [1.807, 2.05) is 6.07 Å². The molecule has 1 aromatic carbocycles. The highest BCUT2D eigenvalue weighted by Crippen LogP contribution is 2.29. The van der Waals surface area contributed by atoms with Crippen molar-refractivity contribution < 1.29 is 18.1 Å². The number of aromatic nitrogens is 2. The van der Waals surface area contributed by atoms with Crippen molar-refractivity contribution in [3.05, 3.63) is 48.3 Å². The third-order valence-electron chi connectivity index (χ3n) is 5.36. The van der Waals surface area contributed by atoms with Crippen LogP contribution < -0.4 is 9.80 Å². The topological polar surface area (TPSA) is 87.9 Å². The monoisotopic (exact) mass is 402 g/mol. The number of carbonyl (C=O) groups is 1. The fraction of sp³-hybridized carbons (Fsp3) is 0.421. The van der Waals surface area contributed by atoms with E-state index in [0.717, 1.165) is 49.4 Å². The smallest absolute Gasteiger partial charge is 0.269 e. The molecule has 1 fully saturated rings. The Bertz CT molecular complexity index is 943. The minimum absolute atomic E-state index is 0.130. The van der Waals surface area contributed by atoms with Crippen LogP contribution in [-0.2, 0) is 10.0 Å². The van der Waals surface area contributed by atoms with Gasteiger partial charge >= 0.3 is 0 Å². The molecule has 1 amide bonds. The second kappa shape index (κ2) is 7.84. The van der Waals surface area contributed by atoms with Gasteiger partial charge in [-0.3, -0.25) is 4.79 Å². The Morgan fingerprint density at radius 3 is 2.43 bits per heavy atom. The standard InChI is InChI=1S/C19H23N5O3S/c25-18-16-6-1-2-7-17(16)28(26,27)24(18)11-4-3-10-22-12-14-23(15-13-22)19-20-8-5-9-21-19/h1-2,5-9H,3-4,10-15H2/p+1. The number of anilines is 1. The number of sulfonamides is 1. The highest BCUT2D eigenvalue weighted by Gasteiger charge is 2.40. The number of nitrogens with one attached hydrogen (secondary N) is 1. The van der Waals surface area contributed by atoms with E-state index in [2.05, 4.69) is 14.9 Å². The van der Waals surface area contributed by atoms with Crippen molar-refractivity contribution in [2.24, 2.45) is 0 Å². The maximum absolute atomic E-state index is 12.5. The molecule has 0 bridgehead atoms. The second-order valence-electron chi connectivity index (χ2n) is 7.12. The van der Waals surface area contributed by atoms with Gasteiger partial charge in [0, 0.05) is 18.9 Å². The van der Waals surface area contributed by atoms with E-state index in [9.17, 15) is 13.2 Å². The molecule has 2 aromatic rings. The van der Waals surface area contributed by atoms with Crippen LogP contribution in [0, 0.1) is 0 Å². The van der Waals surface area contributed by atoms with Crippen LogP contribution >= 0.6 is 0 Å². The summed E-state index contributed by atoms with van der Waals surface area (Å²) in [6.07, 6.45) is 5.07. The lowest BCUT2D eigenvalue weighted by atomic mass is 10.2. The zero-order valence-corrected chi connectivity index (χ0v) is 16.4. The highest BCUT2D eigenvalue weighted by atomic mass is 32.2. The first-order valence-corrected chi connectivity index (χ1v) is 11.0. The molecular formula is C19H24N5O3S+. The molecule has 3 heterocycles. The third-order valence-corrected chi connectivity index (χ3v) is 7.20. The first kappa shape index (κ1) is 18.8. The lowest BCUT2D eigenvalue weighted by Crippen LogP contribution is -3.14. The first-order valence-electron chi connectivity index (χ1n) is 9.59. The zero-order valence-electron chi connectivity index (χ0n) is 15.6. The molecule has 2 aliphatic heterocycles. The average molecular weight is 403 g/mol. The molecular weight excluding hydrogens is 378 g/mol. The van der Waals surface area contributed by atoms with Gasteiger partial charge in [-0.05, 0) is 31.0 Å². The minimum Gasteiger partial charge on any atom is -0.332 e. The highest BCUT2D eigenvalue weighted by molar-refractivity contribution is 7.90. The first-order chi connectivity index (χ1) is 13.6. The van der Waals surface area contributed by atoms with E-state index in [1.54, 1.807) is 30.6 Å². The summed E-state index contributed by atoms with van der Waals surface area (Å²) in [6.45, 7) is 5.04. The van der Waals surface area contributed by atoms with Gasteiger partial charge in [0.15, 0.2) is 0 Å². The molecule has 0 aliphatic carbocycles. The quantitative estimate of drug-likeness (QED) is 0.674. The number of piperazine rings is 1. The SMILES string of the molecule is O=C1c2ccccc2S(=O)(=O)N1CCCC[NH+]1CCN(c2ncccn2)CC1. The molecule has 4 rings (SSSR count). The van der Waals surface area contributed by atoms with Gasteiger partial charge < -0.3 is 9.80 Å². The summed E-state index contributed by atoms with van der Waals surface area (Å²) in [6, 6.07) is 8.24. The van der Waals surface area contributed by atoms with E-state index >= 15 is 0 Å². The van der Waals surface area contributed by atoms with Gasteiger partial charge in [-0.2, -0.15) is 0 Å². The van der Waals surface area contributed by atoms with Crippen LogP contribution in [0.2, 0.25) is 0 Å². The maximum atomic E-state index is 12.5. The number of hydrogen-bond donors (Lipinski definition) is 1. The van der Waals surface area contributed by atoms with Gasteiger partial charge in [-0.15, -0.1) is 0 Å². The van der Waals surface area contributed by atoms with Crippen molar-refractivity contribution in [3.63, 3.8) is 0 Å². The van der Waals surface area contributed by atoms with Crippen LogP contribution in [0.1, 0.15) is 23.2 Å². The Kier molecular flexibility index (Phi) is 5.27. The predicted molar refractivity (Wildman–Crippen MR) is 104 cm³/mol. The largest absolute Gasteiger partial charge is 0.332 e. The van der Waals surface area contributed by atoms with Crippen LogP contribution in [0.4, 0.5) is 5.95 Å². The summed E-state index contributed by atoms with van der Waals surface area (Å²) < 4.78 is 26.1. The summed E-state index contributed by atoms with van der Waals surface area (Å²) in [5.74, 6) is 0.373. The predicted octanol–water partition coefficient (Wildman–Crippen LogP) is -0.194. The number of quaternary nitrogens is 1. The van der Waals surface area contributed by atoms with Crippen molar-refractivity contribution in [1.29, 1.82) is 0 Å². The summed E-state index contributed by atoms with van der Waals surface area (Å²) in [5.41, 5.74) is 0.285. The number of nitrogens with zero attached hydrogens (tertiary/aromatic N) is 4. The molecule has 1 N–H and O–H groups in total. The van der Waals surface area contributed by atoms with Gasteiger partial charge in [-0.1, -0.05) is 12.1 Å².